The second-order valence-electron chi connectivity index (χ2n) is 12.7. The van der Waals surface area contributed by atoms with Crippen molar-refractivity contribution in [1.82, 2.24) is 9.55 Å². The van der Waals surface area contributed by atoms with E-state index in [1.165, 1.54) is 86.3 Å². The summed E-state index contributed by atoms with van der Waals surface area (Å²) >= 11 is 1.86. The first-order chi connectivity index (χ1) is 23.8. The molecular weight excluding hydrogens is 601 g/mol. The number of thiophene rings is 1. The van der Waals surface area contributed by atoms with E-state index in [9.17, 15) is 0 Å². The van der Waals surface area contributed by atoms with Gasteiger partial charge in [0.1, 0.15) is 0 Å². The lowest BCUT2D eigenvalue weighted by Crippen LogP contribution is -1.92. The summed E-state index contributed by atoms with van der Waals surface area (Å²) in [5.41, 5.74) is 13.1. The molecule has 10 aromatic rings. The minimum Gasteiger partial charge on any atom is -0.309 e. The van der Waals surface area contributed by atoms with E-state index in [0.717, 1.165) is 17.0 Å². The molecule has 222 valence electrons. The maximum Gasteiger partial charge on any atom is 0.0794 e. The summed E-state index contributed by atoms with van der Waals surface area (Å²) < 4.78 is 4.97. The highest BCUT2D eigenvalue weighted by molar-refractivity contribution is 7.25. The second kappa shape index (κ2) is 9.74. The number of rotatable bonds is 3. The summed E-state index contributed by atoms with van der Waals surface area (Å²) in [5, 5.41) is 7.70. The third-order valence-corrected chi connectivity index (χ3v) is 11.3. The molecule has 48 heavy (non-hydrogen) atoms. The van der Waals surface area contributed by atoms with Gasteiger partial charge in [0.05, 0.1) is 22.4 Å². The Bertz CT molecular complexity index is 2940. The van der Waals surface area contributed by atoms with Gasteiger partial charge < -0.3 is 4.57 Å². The van der Waals surface area contributed by atoms with Gasteiger partial charge in [0.2, 0.25) is 0 Å². The standard InChI is InChI=1S/C45H26N2S/c1-2-10-31(11-3-1)47-40-15-5-4-12-32(40)36-24-28(16-21-41(36)47)29-17-22-42-37(25-29)38-26-30(18-23-43(38)48-42)39-20-19-34-33-13-6-8-27-9-7-14-35(44(27)33)45(34)46-39/h1-26H. The highest BCUT2D eigenvalue weighted by Crippen LogP contribution is 2.47. The van der Waals surface area contributed by atoms with Crippen LogP contribution in [0, 0.1) is 0 Å². The van der Waals surface area contributed by atoms with Crippen LogP contribution < -0.4 is 0 Å². The summed E-state index contributed by atoms with van der Waals surface area (Å²) in [7, 11) is 0. The molecule has 0 aliphatic heterocycles. The van der Waals surface area contributed by atoms with E-state index >= 15 is 0 Å². The third kappa shape index (κ3) is 3.65. The minimum absolute atomic E-state index is 1.01. The molecule has 0 saturated carbocycles. The van der Waals surface area contributed by atoms with Crippen molar-refractivity contribution in [2.75, 3.05) is 0 Å². The molecule has 7 aromatic carbocycles. The van der Waals surface area contributed by atoms with Gasteiger partial charge in [0.25, 0.3) is 0 Å². The summed E-state index contributed by atoms with van der Waals surface area (Å²) in [5.74, 6) is 0. The summed E-state index contributed by atoms with van der Waals surface area (Å²) in [6, 6.07) is 57.6. The number of para-hydroxylation sites is 2. The van der Waals surface area contributed by atoms with Crippen LogP contribution in [-0.2, 0) is 0 Å². The maximum absolute atomic E-state index is 5.28. The van der Waals surface area contributed by atoms with Crippen molar-refractivity contribution in [1.29, 1.82) is 0 Å². The van der Waals surface area contributed by atoms with Crippen LogP contribution >= 0.6 is 11.3 Å². The van der Waals surface area contributed by atoms with Crippen molar-refractivity contribution in [3.8, 4) is 50.5 Å². The zero-order chi connectivity index (χ0) is 31.3. The van der Waals surface area contributed by atoms with Crippen molar-refractivity contribution in [3.05, 3.63) is 158 Å². The SMILES string of the molecule is c1ccc(-n2c3ccccc3c3cc(-c4ccc5sc6ccc(-c7ccc8c(n7)-c7cccc9cccc-8c79)cc6c5c4)ccc32)cc1. The number of aromatic nitrogens is 2. The average molecular weight is 627 g/mol. The van der Waals surface area contributed by atoms with Crippen molar-refractivity contribution >= 4 is 64.1 Å². The van der Waals surface area contributed by atoms with Gasteiger partial charge in [0, 0.05) is 53.3 Å². The third-order valence-electron chi connectivity index (χ3n) is 10.1. The lowest BCUT2D eigenvalue weighted by Gasteiger charge is -2.08. The lowest BCUT2D eigenvalue weighted by atomic mass is 9.99. The van der Waals surface area contributed by atoms with E-state index in [2.05, 4.69) is 162 Å². The van der Waals surface area contributed by atoms with Crippen molar-refractivity contribution in [2.24, 2.45) is 0 Å². The first-order valence-corrected chi connectivity index (χ1v) is 17.2. The molecule has 0 N–H and O–H groups in total. The van der Waals surface area contributed by atoms with Gasteiger partial charge in [-0.1, -0.05) is 91.0 Å². The summed E-state index contributed by atoms with van der Waals surface area (Å²) in [4.78, 5) is 5.28. The van der Waals surface area contributed by atoms with Gasteiger partial charge in [-0.25, -0.2) is 4.98 Å². The monoisotopic (exact) mass is 626 g/mol. The van der Waals surface area contributed by atoms with Crippen LogP contribution in [0.2, 0.25) is 0 Å². The van der Waals surface area contributed by atoms with E-state index in [4.69, 9.17) is 4.98 Å². The Morgan fingerprint density at radius 1 is 0.438 bits per heavy atom. The minimum atomic E-state index is 1.01. The molecule has 3 heteroatoms. The van der Waals surface area contributed by atoms with Gasteiger partial charge in [-0.2, -0.15) is 0 Å². The fourth-order valence-corrected chi connectivity index (χ4v) is 9.00. The smallest absolute Gasteiger partial charge is 0.0794 e. The highest BCUT2D eigenvalue weighted by atomic mass is 32.1. The van der Waals surface area contributed by atoms with Crippen LogP contribution in [0.1, 0.15) is 0 Å². The predicted molar refractivity (Wildman–Crippen MR) is 204 cm³/mol. The van der Waals surface area contributed by atoms with E-state index in [-0.39, 0.29) is 0 Å². The fourth-order valence-electron chi connectivity index (χ4n) is 7.93. The van der Waals surface area contributed by atoms with Gasteiger partial charge >= 0.3 is 0 Å². The number of hydrogen-bond acceptors (Lipinski definition) is 2. The van der Waals surface area contributed by atoms with Gasteiger partial charge in [-0.05, 0) is 94.2 Å². The molecule has 0 unspecified atom stereocenters. The quantitative estimate of drug-likeness (QED) is 0.191. The molecule has 0 atom stereocenters. The van der Waals surface area contributed by atoms with E-state index in [1.807, 2.05) is 11.3 Å². The normalized spacial score (nSPS) is 12.2. The lowest BCUT2D eigenvalue weighted by molar-refractivity contribution is 1.18. The van der Waals surface area contributed by atoms with Gasteiger partial charge in [-0.3, -0.25) is 0 Å². The van der Waals surface area contributed by atoms with Crippen molar-refractivity contribution in [2.45, 2.75) is 0 Å². The van der Waals surface area contributed by atoms with Gasteiger partial charge in [-0.15, -0.1) is 11.3 Å². The Hall–Kier alpha value is -6.03. The van der Waals surface area contributed by atoms with E-state index < -0.39 is 0 Å². The first-order valence-electron chi connectivity index (χ1n) is 16.4. The molecule has 3 aromatic heterocycles. The molecule has 0 bridgehead atoms. The van der Waals surface area contributed by atoms with Crippen LogP contribution in [0.15, 0.2) is 158 Å². The fraction of sp³-hybridized carbons (Fsp3) is 0. The molecule has 0 radical (unpaired) electrons. The first kappa shape index (κ1) is 26.1. The molecule has 0 fully saturated rings. The number of nitrogens with zero attached hydrogens (tertiary/aromatic N) is 2. The number of hydrogen-bond donors (Lipinski definition) is 0. The van der Waals surface area contributed by atoms with Crippen molar-refractivity contribution in [3.63, 3.8) is 0 Å². The molecule has 0 spiro atoms. The Morgan fingerprint density at radius 2 is 1.10 bits per heavy atom. The second-order valence-corrected chi connectivity index (χ2v) is 13.8. The largest absolute Gasteiger partial charge is 0.309 e. The molecule has 11 rings (SSSR count). The van der Waals surface area contributed by atoms with E-state index in [0.29, 0.717) is 0 Å². The summed E-state index contributed by atoms with van der Waals surface area (Å²) in [6.07, 6.45) is 0. The van der Waals surface area contributed by atoms with Gasteiger partial charge in [0.15, 0.2) is 0 Å². The highest BCUT2D eigenvalue weighted by Gasteiger charge is 2.23. The van der Waals surface area contributed by atoms with Crippen LogP contribution in [0.4, 0.5) is 0 Å². The maximum atomic E-state index is 5.28. The predicted octanol–water partition coefficient (Wildman–Crippen LogP) is 12.7. The molecule has 2 nitrogen and oxygen atoms in total. The molecule has 1 aliphatic carbocycles. The Morgan fingerprint density at radius 3 is 1.94 bits per heavy atom. The van der Waals surface area contributed by atoms with E-state index in [1.54, 1.807) is 0 Å². The van der Waals surface area contributed by atoms with Crippen LogP contribution in [0.5, 0.6) is 0 Å². The zero-order valence-corrected chi connectivity index (χ0v) is 26.6. The molecule has 1 aliphatic rings. The van der Waals surface area contributed by atoms with Crippen LogP contribution in [-0.4, -0.2) is 9.55 Å². The zero-order valence-electron chi connectivity index (χ0n) is 25.8. The molecule has 0 saturated heterocycles. The number of benzene rings is 7. The van der Waals surface area contributed by atoms with Crippen molar-refractivity contribution < 1.29 is 0 Å². The molecular formula is C45H26N2S. The molecule has 0 amide bonds. The average Bonchev–Trinajstić information content (AvgIpc) is 3.80. The summed E-state index contributed by atoms with van der Waals surface area (Å²) in [6.45, 7) is 0. The molecule has 3 heterocycles. The topological polar surface area (TPSA) is 17.8 Å². The van der Waals surface area contributed by atoms with Crippen LogP contribution in [0.25, 0.3) is 103 Å². The number of pyridine rings is 1. The van der Waals surface area contributed by atoms with Crippen LogP contribution in [0.3, 0.4) is 0 Å². The Balaban J connectivity index is 1.04. The Kier molecular flexibility index (Phi) is 5.29. The number of fused-ring (bicyclic) bond motifs is 9. The Labute approximate surface area is 280 Å².